The summed E-state index contributed by atoms with van der Waals surface area (Å²) >= 11 is 0. The molecule has 0 saturated heterocycles. The Morgan fingerprint density at radius 1 is 0.850 bits per heavy atom. The molecule has 0 spiro atoms. The van der Waals surface area contributed by atoms with Crippen LogP contribution in [0.2, 0.25) is 0 Å². The Morgan fingerprint density at radius 2 is 1.48 bits per heavy atom. The lowest BCUT2D eigenvalue weighted by molar-refractivity contribution is -0.192. The number of esters is 2. The van der Waals surface area contributed by atoms with E-state index in [0.29, 0.717) is 12.3 Å². The number of rotatable bonds is 3. The molecule has 3 fully saturated rings. The number of fused-ring (bicyclic) bond motifs is 7. The van der Waals surface area contributed by atoms with E-state index in [1.54, 1.807) is 0 Å². The van der Waals surface area contributed by atoms with Crippen LogP contribution < -0.4 is 0 Å². The minimum atomic E-state index is -0.659. The van der Waals surface area contributed by atoms with Crippen LogP contribution >= 0.6 is 0 Å². The summed E-state index contributed by atoms with van der Waals surface area (Å²) in [5.41, 5.74) is 1.20. The Kier molecular flexibility index (Phi) is 6.57. The van der Waals surface area contributed by atoms with Crippen molar-refractivity contribution >= 4 is 17.9 Å². The van der Waals surface area contributed by atoms with E-state index >= 15 is 0 Å². The molecule has 0 bridgehead atoms. The van der Waals surface area contributed by atoms with E-state index in [0.717, 1.165) is 44.9 Å². The van der Waals surface area contributed by atoms with Crippen LogP contribution in [0.1, 0.15) is 114 Å². The lowest BCUT2D eigenvalue weighted by atomic mass is 9.35. The molecule has 0 aromatic carbocycles. The van der Waals surface area contributed by atoms with Gasteiger partial charge in [-0.2, -0.15) is 0 Å². The first-order valence-corrected chi connectivity index (χ1v) is 15.3. The molecular formula is C34H50O6. The van der Waals surface area contributed by atoms with Gasteiger partial charge < -0.3 is 14.6 Å². The first-order chi connectivity index (χ1) is 18.3. The molecule has 0 aliphatic heterocycles. The molecule has 6 heteroatoms. The summed E-state index contributed by atoms with van der Waals surface area (Å²) in [6.07, 6.45) is 10.4. The van der Waals surface area contributed by atoms with Crippen molar-refractivity contribution in [3.05, 3.63) is 23.3 Å². The van der Waals surface area contributed by atoms with Crippen LogP contribution in [-0.4, -0.2) is 35.2 Å². The van der Waals surface area contributed by atoms with Crippen LogP contribution in [0.4, 0.5) is 0 Å². The third-order valence-electron chi connectivity index (χ3n) is 12.9. The fourth-order valence-electron chi connectivity index (χ4n) is 10.7. The monoisotopic (exact) mass is 554 g/mol. The molecule has 5 rings (SSSR count). The molecule has 222 valence electrons. The van der Waals surface area contributed by atoms with E-state index in [9.17, 15) is 19.5 Å². The van der Waals surface area contributed by atoms with Crippen molar-refractivity contribution in [1.29, 1.82) is 0 Å². The number of carbonyl (C=O) groups excluding carboxylic acids is 2. The Bertz CT molecular complexity index is 1190. The molecular weight excluding hydrogens is 504 g/mol. The van der Waals surface area contributed by atoms with E-state index in [-0.39, 0.29) is 39.5 Å². The van der Waals surface area contributed by atoms with E-state index < -0.39 is 29.0 Å². The SMILES string of the molecule is CC(=O)OC1CC2(C)C(=CCC3(C)C2CC=C2C4CC(C)(C)CCC4(C(=O)O)CCC23C)C(C)(C)C1OC(C)=O. The molecule has 5 aliphatic rings. The average molecular weight is 555 g/mol. The average Bonchev–Trinajstić information content (AvgIpc) is 2.81. The topological polar surface area (TPSA) is 89.9 Å². The summed E-state index contributed by atoms with van der Waals surface area (Å²) < 4.78 is 11.8. The molecule has 0 aromatic rings. The van der Waals surface area contributed by atoms with Gasteiger partial charge in [0.15, 0.2) is 0 Å². The number of carbonyl (C=O) groups is 3. The highest BCUT2D eigenvalue weighted by Gasteiger charge is 2.69. The van der Waals surface area contributed by atoms with Crippen molar-refractivity contribution in [2.24, 2.45) is 44.3 Å². The van der Waals surface area contributed by atoms with Crippen LogP contribution in [-0.2, 0) is 23.9 Å². The largest absolute Gasteiger partial charge is 0.481 e. The second kappa shape index (κ2) is 8.94. The highest BCUT2D eigenvalue weighted by atomic mass is 16.6. The van der Waals surface area contributed by atoms with Gasteiger partial charge in [-0.15, -0.1) is 0 Å². The summed E-state index contributed by atoms with van der Waals surface area (Å²) in [5.74, 6) is -0.984. The summed E-state index contributed by atoms with van der Waals surface area (Å²) in [4.78, 5) is 37.3. The molecule has 0 amide bonds. The molecule has 0 radical (unpaired) electrons. The second-order valence-corrected chi connectivity index (χ2v) is 15.9. The standard InChI is InChI=1S/C34H50O6/c1-20(35)39-24-19-31(7)25(30(5,6)27(24)40-21(2)36)12-13-33(9)26(31)11-10-22-23-18-29(3,4)14-16-34(23,28(37)38)17-15-32(22,33)8/h10,12,23-24,26-27H,11,13-19H2,1-9H3,(H,37,38). The van der Waals surface area contributed by atoms with Gasteiger partial charge in [0.2, 0.25) is 0 Å². The van der Waals surface area contributed by atoms with Crippen molar-refractivity contribution in [3.63, 3.8) is 0 Å². The predicted octanol–water partition coefficient (Wildman–Crippen LogP) is 7.27. The predicted molar refractivity (Wildman–Crippen MR) is 153 cm³/mol. The lowest BCUT2D eigenvalue weighted by Crippen LogP contribution is -2.64. The molecule has 8 atom stereocenters. The number of ether oxygens (including phenoxy) is 2. The summed E-state index contributed by atoms with van der Waals surface area (Å²) in [7, 11) is 0. The highest BCUT2D eigenvalue weighted by molar-refractivity contribution is 5.76. The van der Waals surface area contributed by atoms with Crippen LogP contribution in [0.15, 0.2) is 23.3 Å². The maximum absolute atomic E-state index is 12.9. The molecule has 0 aromatic heterocycles. The molecule has 5 aliphatic carbocycles. The van der Waals surface area contributed by atoms with Crippen molar-refractivity contribution in [2.75, 3.05) is 0 Å². The summed E-state index contributed by atoms with van der Waals surface area (Å²) in [6.45, 7) is 18.9. The maximum Gasteiger partial charge on any atom is 0.310 e. The van der Waals surface area contributed by atoms with Gasteiger partial charge in [-0.1, -0.05) is 71.8 Å². The van der Waals surface area contributed by atoms with Gasteiger partial charge in [-0.05, 0) is 84.9 Å². The van der Waals surface area contributed by atoms with Crippen molar-refractivity contribution in [3.8, 4) is 0 Å². The minimum absolute atomic E-state index is 0.0633. The fraction of sp³-hybridized carbons (Fsp3) is 0.794. The first-order valence-electron chi connectivity index (χ1n) is 15.3. The van der Waals surface area contributed by atoms with Gasteiger partial charge in [-0.3, -0.25) is 14.4 Å². The van der Waals surface area contributed by atoms with E-state index in [1.165, 1.54) is 25.0 Å². The molecule has 3 saturated carbocycles. The Labute approximate surface area is 240 Å². The molecule has 0 heterocycles. The van der Waals surface area contributed by atoms with Crippen molar-refractivity contribution in [1.82, 2.24) is 0 Å². The number of hydrogen-bond donors (Lipinski definition) is 1. The van der Waals surface area contributed by atoms with Gasteiger partial charge in [0.05, 0.1) is 5.41 Å². The zero-order chi connectivity index (χ0) is 29.7. The van der Waals surface area contributed by atoms with Crippen LogP contribution in [0, 0.1) is 44.3 Å². The van der Waals surface area contributed by atoms with Gasteiger partial charge in [0.25, 0.3) is 0 Å². The highest BCUT2D eigenvalue weighted by Crippen LogP contribution is 2.74. The molecule has 6 nitrogen and oxygen atoms in total. The third-order valence-corrected chi connectivity index (χ3v) is 12.9. The third kappa shape index (κ3) is 3.90. The lowest BCUT2D eigenvalue weighted by Gasteiger charge is -2.69. The van der Waals surface area contributed by atoms with Crippen molar-refractivity contribution in [2.45, 2.75) is 126 Å². The Hall–Kier alpha value is -2.11. The fourth-order valence-corrected chi connectivity index (χ4v) is 10.7. The van der Waals surface area contributed by atoms with Gasteiger partial charge in [-0.25, -0.2) is 0 Å². The normalized spacial score (nSPS) is 44.8. The van der Waals surface area contributed by atoms with E-state index in [1.807, 2.05) is 0 Å². The first kappa shape index (κ1) is 29.4. The van der Waals surface area contributed by atoms with Gasteiger partial charge in [0.1, 0.15) is 12.2 Å². The number of hydrogen-bond acceptors (Lipinski definition) is 5. The Balaban J connectivity index is 1.61. The second-order valence-electron chi connectivity index (χ2n) is 15.9. The number of aliphatic carboxylic acids is 1. The van der Waals surface area contributed by atoms with Crippen molar-refractivity contribution < 1.29 is 29.0 Å². The summed E-state index contributed by atoms with van der Waals surface area (Å²) in [5, 5.41) is 10.6. The van der Waals surface area contributed by atoms with E-state index in [4.69, 9.17) is 9.47 Å². The van der Waals surface area contributed by atoms with E-state index in [2.05, 4.69) is 60.6 Å². The molecule has 8 unspecified atom stereocenters. The van der Waals surface area contributed by atoms with Crippen LogP contribution in [0.3, 0.4) is 0 Å². The zero-order valence-corrected chi connectivity index (χ0v) is 26.1. The molecule has 40 heavy (non-hydrogen) atoms. The summed E-state index contributed by atoms with van der Waals surface area (Å²) in [6, 6.07) is 0. The van der Waals surface area contributed by atoms with Gasteiger partial charge in [0, 0.05) is 19.3 Å². The smallest absolute Gasteiger partial charge is 0.310 e. The number of carboxylic acid groups (broad SMARTS) is 1. The zero-order valence-electron chi connectivity index (χ0n) is 26.1. The Morgan fingerprint density at radius 3 is 2.08 bits per heavy atom. The van der Waals surface area contributed by atoms with Crippen LogP contribution in [0.5, 0.6) is 0 Å². The minimum Gasteiger partial charge on any atom is -0.481 e. The van der Waals surface area contributed by atoms with Crippen LogP contribution in [0.25, 0.3) is 0 Å². The quantitative estimate of drug-likeness (QED) is 0.292. The maximum atomic E-state index is 12.9. The molecule has 1 N–H and O–H groups in total. The number of carboxylic acids is 1. The number of allylic oxidation sites excluding steroid dienone is 3. The van der Waals surface area contributed by atoms with Gasteiger partial charge >= 0.3 is 17.9 Å².